The molecule has 110 valence electrons. The molecule has 0 aliphatic heterocycles. The van der Waals surface area contributed by atoms with E-state index in [-0.39, 0.29) is 6.04 Å². The highest BCUT2D eigenvalue weighted by Crippen LogP contribution is 2.18. The number of nitrogens with two attached hydrogens (primary N) is 1. The SMILES string of the molecule is CCCCCCCCCCC(NN)c1nccn1C. The highest BCUT2D eigenvalue weighted by atomic mass is 15.3. The fourth-order valence-corrected chi connectivity index (χ4v) is 2.48. The van der Waals surface area contributed by atoms with Gasteiger partial charge in [-0.2, -0.15) is 0 Å². The number of aromatic nitrogens is 2. The molecule has 0 aromatic carbocycles. The molecular formula is C15H30N4. The topological polar surface area (TPSA) is 55.9 Å². The summed E-state index contributed by atoms with van der Waals surface area (Å²) in [7, 11) is 2.01. The van der Waals surface area contributed by atoms with E-state index in [1.54, 1.807) is 0 Å². The standard InChI is InChI=1S/C15H30N4/c1-3-4-5-6-7-8-9-10-11-14(18-16)15-17-12-13-19(15)2/h12-14,18H,3-11,16H2,1-2H3. The van der Waals surface area contributed by atoms with Crippen molar-refractivity contribution in [2.75, 3.05) is 0 Å². The van der Waals surface area contributed by atoms with E-state index in [4.69, 9.17) is 5.84 Å². The van der Waals surface area contributed by atoms with Crippen LogP contribution >= 0.6 is 0 Å². The Morgan fingerprint density at radius 2 is 1.79 bits per heavy atom. The van der Waals surface area contributed by atoms with E-state index >= 15 is 0 Å². The van der Waals surface area contributed by atoms with Crippen molar-refractivity contribution < 1.29 is 0 Å². The number of nitrogens with zero attached hydrogens (tertiary/aromatic N) is 2. The first kappa shape index (κ1) is 16.2. The summed E-state index contributed by atoms with van der Waals surface area (Å²) in [4.78, 5) is 4.36. The van der Waals surface area contributed by atoms with Crippen molar-refractivity contribution in [1.29, 1.82) is 0 Å². The van der Waals surface area contributed by atoms with Crippen LogP contribution in [0.15, 0.2) is 12.4 Å². The third-order valence-electron chi connectivity index (χ3n) is 3.72. The van der Waals surface area contributed by atoms with E-state index < -0.39 is 0 Å². The van der Waals surface area contributed by atoms with Crippen molar-refractivity contribution in [3.05, 3.63) is 18.2 Å². The molecule has 1 aromatic heterocycles. The number of rotatable bonds is 11. The number of aryl methyl sites for hydroxylation is 1. The lowest BCUT2D eigenvalue weighted by molar-refractivity contribution is 0.448. The van der Waals surface area contributed by atoms with Gasteiger partial charge < -0.3 is 4.57 Å². The summed E-state index contributed by atoms with van der Waals surface area (Å²) in [6.07, 6.45) is 15.6. The van der Waals surface area contributed by atoms with E-state index in [1.165, 1.54) is 51.4 Å². The average Bonchev–Trinajstić information content (AvgIpc) is 2.83. The normalized spacial score (nSPS) is 12.8. The Morgan fingerprint density at radius 3 is 2.32 bits per heavy atom. The first-order chi connectivity index (χ1) is 9.29. The van der Waals surface area contributed by atoms with Crippen molar-refractivity contribution in [2.45, 2.75) is 70.8 Å². The van der Waals surface area contributed by atoms with Crippen LogP contribution in [-0.2, 0) is 7.05 Å². The summed E-state index contributed by atoms with van der Waals surface area (Å²) < 4.78 is 2.04. The zero-order chi connectivity index (χ0) is 13.9. The minimum atomic E-state index is 0.181. The molecule has 0 aliphatic rings. The average molecular weight is 266 g/mol. The van der Waals surface area contributed by atoms with Gasteiger partial charge >= 0.3 is 0 Å². The molecule has 3 N–H and O–H groups in total. The van der Waals surface area contributed by atoms with Gasteiger partial charge in [-0.05, 0) is 6.42 Å². The van der Waals surface area contributed by atoms with Crippen LogP contribution in [0.4, 0.5) is 0 Å². The summed E-state index contributed by atoms with van der Waals surface area (Å²) in [5, 5.41) is 0. The molecule has 19 heavy (non-hydrogen) atoms. The Morgan fingerprint density at radius 1 is 1.16 bits per heavy atom. The molecule has 0 saturated heterocycles. The Hall–Kier alpha value is -0.870. The Bertz CT molecular complexity index is 322. The van der Waals surface area contributed by atoms with Crippen LogP contribution in [0, 0.1) is 0 Å². The van der Waals surface area contributed by atoms with Crippen molar-refractivity contribution in [3.63, 3.8) is 0 Å². The van der Waals surface area contributed by atoms with Crippen LogP contribution in [0.1, 0.15) is 76.6 Å². The summed E-state index contributed by atoms with van der Waals surface area (Å²) in [5.41, 5.74) is 2.88. The van der Waals surface area contributed by atoms with Crippen LogP contribution < -0.4 is 11.3 Å². The monoisotopic (exact) mass is 266 g/mol. The summed E-state index contributed by atoms with van der Waals surface area (Å²) in [5.74, 6) is 6.66. The van der Waals surface area contributed by atoms with Crippen molar-refractivity contribution in [2.24, 2.45) is 12.9 Å². The van der Waals surface area contributed by atoms with Crippen molar-refractivity contribution >= 4 is 0 Å². The number of hydrazine groups is 1. The lowest BCUT2D eigenvalue weighted by Gasteiger charge is -2.15. The minimum absolute atomic E-state index is 0.181. The fourth-order valence-electron chi connectivity index (χ4n) is 2.48. The summed E-state index contributed by atoms with van der Waals surface area (Å²) >= 11 is 0. The second-order valence-corrected chi connectivity index (χ2v) is 5.38. The number of imidazole rings is 1. The first-order valence-electron chi connectivity index (χ1n) is 7.73. The van der Waals surface area contributed by atoms with Crippen LogP contribution in [0.25, 0.3) is 0 Å². The largest absolute Gasteiger partial charge is 0.337 e. The molecule has 1 heterocycles. The third kappa shape index (κ3) is 6.21. The lowest BCUT2D eigenvalue weighted by Crippen LogP contribution is -2.30. The predicted molar refractivity (Wildman–Crippen MR) is 80.5 cm³/mol. The van der Waals surface area contributed by atoms with Crippen LogP contribution in [-0.4, -0.2) is 9.55 Å². The number of hydrogen-bond donors (Lipinski definition) is 2. The maximum absolute atomic E-state index is 5.63. The fraction of sp³-hybridized carbons (Fsp3) is 0.800. The van der Waals surface area contributed by atoms with Crippen LogP contribution in [0.5, 0.6) is 0 Å². The van der Waals surface area contributed by atoms with E-state index in [0.29, 0.717) is 0 Å². The zero-order valence-corrected chi connectivity index (χ0v) is 12.6. The molecular weight excluding hydrogens is 236 g/mol. The van der Waals surface area contributed by atoms with Gasteiger partial charge in [-0.25, -0.2) is 10.4 Å². The molecule has 0 radical (unpaired) electrons. The Kier molecular flexibility index (Phi) is 8.50. The molecule has 0 aliphatic carbocycles. The predicted octanol–water partition coefficient (Wildman–Crippen LogP) is 3.46. The quantitative estimate of drug-likeness (QED) is 0.366. The number of hydrogen-bond acceptors (Lipinski definition) is 3. The molecule has 0 saturated carbocycles. The molecule has 0 spiro atoms. The first-order valence-corrected chi connectivity index (χ1v) is 7.73. The van der Waals surface area contributed by atoms with Gasteiger partial charge in [0.15, 0.2) is 0 Å². The maximum atomic E-state index is 5.63. The maximum Gasteiger partial charge on any atom is 0.126 e. The molecule has 4 nitrogen and oxygen atoms in total. The Labute approximate surface area is 117 Å². The van der Waals surface area contributed by atoms with E-state index in [0.717, 1.165) is 12.2 Å². The molecule has 1 unspecified atom stereocenters. The van der Waals surface area contributed by atoms with Gasteiger partial charge in [0.25, 0.3) is 0 Å². The summed E-state index contributed by atoms with van der Waals surface area (Å²) in [6.45, 7) is 2.26. The summed E-state index contributed by atoms with van der Waals surface area (Å²) in [6, 6.07) is 0.181. The van der Waals surface area contributed by atoms with Gasteiger partial charge in [0.1, 0.15) is 5.82 Å². The number of unbranched alkanes of at least 4 members (excludes halogenated alkanes) is 7. The Balaban J connectivity index is 2.09. The minimum Gasteiger partial charge on any atom is -0.337 e. The van der Waals surface area contributed by atoms with Crippen LogP contribution in [0.2, 0.25) is 0 Å². The molecule has 4 heteroatoms. The number of nitrogens with one attached hydrogen (secondary N) is 1. The van der Waals surface area contributed by atoms with Crippen LogP contribution in [0.3, 0.4) is 0 Å². The van der Waals surface area contributed by atoms with Crippen molar-refractivity contribution in [3.8, 4) is 0 Å². The zero-order valence-electron chi connectivity index (χ0n) is 12.6. The molecule has 1 atom stereocenters. The molecule has 0 bridgehead atoms. The third-order valence-corrected chi connectivity index (χ3v) is 3.72. The van der Waals surface area contributed by atoms with E-state index in [1.807, 2.05) is 24.0 Å². The lowest BCUT2D eigenvalue weighted by atomic mass is 10.0. The van der Waals surface area contributed by atoms with Gasteiger partial charge in [0.05, 0.1) is 6.04 Å². The highest BCUT2D eigenvalue weighted by Gasteiger charge is 2.13. The van der Waals surface area contributed by atoms with Gasteiger partial charge in [0, 0.05) is 19.4 Å². The molecule has 0 amide bonds. The molecule has 1 aromatic rings. The van der Waals surface area contributed by atoms with Gasteiger partial charge in [-0.1, -0.05) is 58.3 Å². The van der Waals surface area contributed by atoms with E-state index in [9.17, 15) is 0 Å². The molecule has 0 fully saturated rings. The molecule has 1 rings (SSSR count). The van der Waals surface area contributed by atoms with Crippen molar-refractivity contribution in [1.82, 2.24) is 15.0 Å². The smallest absolute Gasteiger partial charge is 0.126 e. The van der Waals surface area contributed by atoms with E-state index in [2.05, 4.69) is 17.3 Å². The second-order valence-electron chi connectivity index (χ2n) is 5.38. The second kappa shape index (κ2) is 9.98. The highest BCUT2D eigenvalue weighted by molar-refractivity contribution is 4.97. The van der Waals surface area contributed by atoms with Gasteiger partial charge in [-0.15, -0.1) is 0 Å². The van der Waals surface area contributed by atoms with Gasteiger partial charge in [-0.3, -0.25) is 5.84 Å². The van der Waals surface area contributed by atoms with Gasteiger partial charge in [0.2, 0.25) is 0 Å².